The molecule has 0 aromatic heterocycles. The van der Waals surface area contributed by atoms with Gasteiger partial charge in [-0.3, -0.25) is 4.79 Å². The number of amides is 1. The molecule has 0 heterocycles. The van der Waals surface area contributed by atoms with E-state index in [0.717, 1.165) is 16.1 Å². The molecule has 0 saturated heterocycles. The summed E-state index contributed by atoms with van der Waals surface area (Å²) in [4.78, 5) is 12.3. The number of hydrogen-bond donors (Lipinski definition) is 2. The molecule has 3 nitrogen and oxygen atoms in total. The van der Waals surface area contributed by atoms with Crippen molar-refractivity contribution >= 4 is 27.5 Å². The molecule has 0 aliphatic heterocycles. The van der Waals surface area contributed by atoms with Crippen molar-refractivity contribution in [2.45, 2.75) is 19.4 Å². The second kappa shape index (κ2) is 5.85. The van der Waals surface area contributed by atoms with E-state index in [1.807, 2.05) is 38.1 Å². The van der Waals surface area contributed by atoms with Gasteiger partial charge in [-0.2, -0.15) is 0 Å². The molecule has 2 rings (SSSR count). The SMILES string of the molecule is CC(C)(NC(=O)c1ccc(F)cc1N)c1ccc(Br)cc1. The normalized spacial score (nSPS) is 11.2. The van der Waals surface area contributed by atoms with E-state index in [1.165, 1.54) is 12.1 Å². The Morgan fingerprint density at radius 3 is 2.38 bits per heavy atom. The standard InChI is InChI=1S/C16H16BrFN2O/c1-16(2,10-3-5-11(17)6-4-10)20-15(21)13-8-7-12(18)9-14(13)19/h3-9H,19H2,1-2H3,(H,20,21). The minimum Gasteiger partial charge on any atom is -0.398 e. The Kier molecular flexibility index (Phi) is 4.32. The van der Waals surface area contributed by atoms with Gasteiger partial charge in [0.05, 0.1) is 11.1 Å². The van der Waals surface area contributed by atoms with Gasteiger partial charge in [-0.15, -0.1) is 0 Å². The molecule has 0 aliphatic rings. The van der Waals surface area contributed by atoms with Crippen LogP contribution in [-0.4, -0.2) is 5.91 Å². The molecule has 0 unspecified atom stereocenters. The Morgan fingerprint density at radius 2 is 1.81 bits per heavy atom. The lowest BCUT2D eigenvalue weighted by Crippen LogP contribution is -2.41. The van der Waals surface area contributed by atoms with Crippen LogP contribution in [0, 0.1) is 5.82 Å². The highest BCUT2D eigenvalue weighted by Crippen LogP contribution is 2.23. The highest BCUT2D eigenvalue weighted by Gasteiger charge is 2.24. The van der Waals surface area contributed by atoms with E-state index in [0.29, 0.717) is 0 Å². The van der Waals surface area contributed by atoms with Gasteiger partial charge in [-0.05, 0) is 49.7 Å². The van der Waals surface area contributed by atoms with E-state index in [1.54, 1.807) is 0 Å². The zero-order valence-corrected chi connectivity index (χ0v) is 13.4. The van der Waals surface area contributed by atoms with E-state index >= 15 is 0 Å². The number of nitrogens with one attached hydrogen (secondary N) is 1. The predicted octanol–water partition coefficient (Wildman–Crippen LogP) is 3.84. The molecule has 5 heteroatoms. The fourth-order valence-electron chi connectivity index (χ4n) is 2.03. The molecule has 2 aromatic rings. The third-order valence-corrected chi connectivity index (χ3v) is 3.78. The van der Waals surface area contributed by atoms with Gasteiger partial charge < -0.3 is 11.1 Å². The van der Waals surface area contributed by atoms with Crippen molar-refractivity contribution in [2.24, 2.45) is 0 Å². The molecule has 21 heavy (non-hydrogen) atoms. The monoisotopic (exact) mass is 350 g/mol. The molecule has 0 aliphatic carbocycles. The first kappa shape index (κ1) is 15.5. The van der Waals surface area contributed by atoms with Gasteiger partial charge in [0.15, 0.2) is 0 Å². The molecule has 2 aromatic carbocycles. The van der Waals surface area contributed by atoms with Crippen LogP contribution >= 0.6 is 15.9 Å². The average molecular weight is 351 g/mol. The summed E-state index contributed by atoms with van der Waals surface area (Å²) >= 11 is 3.38. The third-order valence-electron chi connectivity index (χ3n) is 3.25. The molecule has 0 saturated carbocycles. The molecule has 0 fully saturated rings. The summed E-state index contributed by atoms with van der Waals surface area (Å²) in [5.41, 5.74) is 6.47. The summed E-state index contributed by atoms with van der Waals surface area (Å²) in [6.45, 7) is 3.79. The van der Waals surface area contributed by atoms with Crippen molar-refractivity contribution in [1.82, 2.24) is 5.32 Å². The number of nitrogens with two attached hydrogens (primary N) is 1. The van der Waals surface area contributed by atoms with Crippen molar-refractivity contribution in [3.8, 4) is 0 Å². The molecule has 1 amide bonds. The zero-order chi connectivity index (χ0) is 15.6. The lowest BCUT2D eigenvalue weighted by Gasteiger charge is -2.27. The van der Waals surface area contributed by atoms with Crippen molar-refractivity contribution in [1.29, 1.82) is 0 Å². The van der Waals surface area contributed by atoms with Crippen LogP contribution in [0.4, 0.5) is 10.1 Å². The quantitative estimate of drug-likeness (QED) is 0.826. The first-order valence-corrected chi connectivity index (χ1v) is 7.22. The molecule has 0 spiro atoms. The maximum atomic E-state index is 13.0. The van der Waals surface area contributed by atoms with Gasteiger partial charge in [0.25, 0.3) is 5.91 Å². The number of carbonyl (C=O) groups is 1. The first-order chi connectivity index (χ1) is 9.79. The van der Waals surface area contributed by atoms with Crippen LogP contribution in [-0.2, 0) is 5.54 Å². The summed E-state index contributed by atoms with van der Waals surface area (Å²) in [6.07, 6.45) is 0. The van der Waals surface area contributed by atoms with Crippen LogP contribution in [0.5, 0.6) is 0 Å². The lowest BCUT2D eigenvalue weighted by molar-refractivity contribution is 0.0913. The van der Waals surface area contributed by atoms with Crippen LogP contribution in [0.3, 0.4) is 0 Å². The number of anilines is 1. The maximum absolute atomic E-state index is 13.0. The highest BCUT2D eigenvalue weighted by molar-refractivity contribution is 9.10. The number of rotatable bonds is 3. The molecule has 3 N–H and O–H groups in total. The van der Waals surface area contributed by atoms with Gasteiger partial charge in [0.2, 0.25) is 0 Å². The van der Waals surface area contributed by atoms with Crippen molar-refractivity contribution in [2.75, 3.05) is 5.73 Å². The molecule has 110 valence electrons. The summed E-state index contributed by atoms with van der Waals surface area (Å²) in [5.74, 6) is -0.795. The van der Waals surface area contributed by atoms with Gasteiger partial charge in [-0.25, -0.2) is 4.39 Å². The highest BCUT2D eigenvalue weighted by atomic mass is 79.9. The lowest BCUT2D eigenvalue weighted by atomic mass is 9.94. The minimum atomic E-state index is -0.571. The Bertz CT molecular complexity index is 668. The number of halogens is 2. The second-order valence-electron chi connectivity index (χ2n) is 5.32. The average Bonchev–Trinajstić information content (AvgIpc) is 2.38. The Labute approximate surface area is 131 Å². The van der Waals surface area contributed by atoms with E-state index in [9.17, 15) is 9.18 Å². The Balaban J connectivity index is 2.23. The fraction of sp³-hybridized carbons (Fsp3) is 0.188. The number of hydrogen-bond acceptors (Lipinski definition) is 2. The van der Waals surface area contributed by atoms with Crippen molar-refractivity contribution in [3.05, 3.63) is 63.9 Å². The molecular weight excluding hydrogens is 335 g/mol. The summed E-state index contributed by atoms with van der Waals surface area (Å²) in [7, 11) is 0. The van der Waals surface area contributed by atoms with Crippen LogP contribution in [0.1, 0.15) is 29.8 Å². The fourth-order valence-corrected chi connectivity index (χ4v) is 2.29. The van der Waals surface area contributed by atoms with E-state index in [2.05, 4.69) is 21.2 Å². The Hall–Kier alpha value is -1.88. The summed E-state index contributed by atoms with van der Waals surface area (Å²) < 4.78 is 14.0. The van der Waals surface area contributed by atoms with E-state index in [-0.39, 0.29) is 17.2 Å². The van der Waals surface area contributed by atoms with Gasteiger partial charge in [-0.1, -0.05) is 28.1 Å². The molecule has 0 radical (unpaired) electrons. The third kappa shape index (κ3) is 3.61. The number of carbonyl (C=O) groups excluding carboxylic acids is 1. The van der Waals surface area contributed by atoms with E-state index in [4.69, 9.17) is 5.73 Å². The van der Waals surface area contributed by atoms with Crippen LogP contribution in [0.25, 0.3) is 0 Å². The number of benzene rings is 2. The zero-order valence-electron chi connectivity index (χ0n) is 11.8. The van der Waals surface area contributed by atoms with Crippen molar-refractivity contribution in [3.63, 3.8) is 0 Å². The molecule has 0 bridgehead atoms. The van der Waals surface area contributed by atoms with Gasteiger partial charge in [0.1, 0.15) is 5.82 Å². The van der Waals surface area contributed by atoms with Crippen LogP contribution < -0.4 is 11.1 Å². The Morgan fingerprint density at radius 1 is 1.19 bits per heavy atom. The van der Waals surface area contributed by atoms with Crippen LogP contribution in [0.15, 0.2) is 46.9 Å². The second-order valence-corrected chi connectivity index (χ2v) is 6.23. The smallest absolute Gasteiger partial charge is 0.254 e. The predicted molar refractivity (Wildman–Crippen MR) is 85.4 cm³/mol. The number of nitrogen functional groups attached to an aromatic ring is 1. The minimum absolute atomic E-state index is 0.124. The molecule has 0 atom stereocenters. The topological polar surface area (TPSA) is 55.1 Å². The van der Waals surface area contributed by atoms with Gasteiger partial charge >= 0.3 is 0 Å². The van der Waals surface area contributed by atoms with Crippen LogP contribution in [0.2, 0.25) is 0 Å². The molecular formula is C16H16BrFN2O. The van der Waals surface area contributed by atoms with Gasteiger partial charge in [0, 0.05) is 10.2 Å². The maximum Gasteiger partial charge on any atom is 0.254 e. The first-order valence-electron chi connectivity index (χ1n) is 6.43. The van der Waals surface area contributed by atoms with E-state index < -0.39 is 11.4 Å². The van der Waals surface area contributed by atoms with Crippen molar-refractivity contribution < 1.29 is 9.18 Å². The summed E-state index contributed by atoms with van der Waals surface area (Å²) in [6, 6.07) is 11.4. The largest absolute Gasteiger partial charge is 0.398 e. The summed E-state index contributed by atoms with van der Waals surface area (Å²) in [5, 5.41) is 2.91.